The smallest absolute Gasteiger partial charge is 0.351 e. The predicted molar refractivity (Wildman–Crippen MR) is 66.6 cm³/mol. The molecule has 0 bridgehead atoms. The molecule has 0 saturated carbocycles. The van der Waals surface area contributed by atoms with Crippen molar-refractivity contribution in [2.45, 2.75) is 32.3 Å². The van der Waals surface area contributed by atoms with Crippen molar-refractivity contribution in [3.05, 3.63) is 35.4 Å². The number of benzene rings is 1. The minimum absolute atomic E-state index is 0.104. The molecule has 1 aromatic carbocycles. The fourth-order valence-corrected chi connectivity index (χ4v) is 2.39. The Balaban J connectivity index is 3.14. The van der Waals surface area contributed by atoms with Crippen molar-refractivity contribution in [1.29, 1.82) is 0 Å². The third-order valence-corrected chi connectivity index (χ3v) is 3.54. The van der Waals surface area contributed by atoms with Crippen molar-refractivity contribution >= 4 is 7.60 Å². The van der Waals surface area contributed by atoms with E-state index in [1.807, 2.05) is 0 Å². The molecule has 19 heavy (non-hydrogen) atoms. The maximum Gasteiger partial charge on any atom is 0.351 e. The van der Waals surface area contributed by atoms with Gasteiger partial charge >= 0.3 is 7.60 Å². The van der Waals surface area contributed by atoms with Gasteiger partial charge in [-0.2, -0.15) is 0 Å². The fraction of sp³-hybridized carbons (Fsp3) is 0.500. The third kappa shape index (κ3) is 4.08. The van der Waals surface area contributed by atoms with E-state index in [0.717, 1.165) is 12.1 Å². The van der Waals surface area contributed by atoms with Crippen LogP contribution < -0.4 is 0 Å². The van der Waals surface area contributed by atoms with Gasteiger partial charge in [-0.05, 0) is 18.9 Å². The molecule has 7 heteroatoms. The second kappa shape index (κ2) is 6.09. The van der Waals surface area contributed by atoms with Gasteiger partial charge in [-0.15, -0.1) is 0 Å². The molecule has 0 heterocycles. The van der Waals surface area contributed by atoms with Crippen LogP contribution in [0.3, 0.4) is 0 Å². The molecule has 2 N–H and O–H groups in total. The van der Waals surface area contributed by atoms with Crippen molar-refractivity contribution in [2.24, 2.45) is 0 Å². The van der Waals surface area contributed by atoms with Crippen LogP contribution in [0.15, 0.2) is 18.2 Å². The molecule has 0 spiro atoms. The molecule has 0 amide bonds. The molecular weight excluding hydrogens is 277 g/mol. The molecule has 4 nitrogen and oxygen atoms in total. The van der Waals surface area contributed by atoms with Gasteiger partial charge in [0.05, 0.1) is 5.60 Å². The quantitative estimate of drug-likeness (QED) is 0.791. The molecule has 0 radical (unpaired) electrons. The number of hydrogen-bond donors (Lipinski definition) is 2. The van der Waals surface area contributed by atoms with Crippen molar-refractivity contribution in [3.63, 3.8) is 0 Å². The molecule has 0 aromatic heterocycles. The molecule has 0 unspecified atom stereocenters. The number of ether oxygens (including phenoxy) is 1. The van der Waals surface area contributed by atoms with Gasteiger partial charge in [0.25, 0.3) is 0 Å². The average molecular weight is 294 g/mol. The van der Waals surface area contributed by atoms with Crippen LogP contribution in [0.25, 0.3) is 0 Å². The minimum Gasteiger partial charge on any atom is -0.358 e. The number of rotatable bonds is 6. The van der Waals surface area contributed by atoms with Gasteiger partial charge in [0.15, 0.2) is 0 Å². The molecule has 0 fully saturated rings. The second-order valence-corrected chi connectivity index (χ2v) is 5.85. The van der Waals surface area contributed by atoms with E-state index in [4.69, 9.17) is 14.5 Å². The SMILES string of the molecule is CCC(CC)(OCP(=O)(O)O)c1ccc(F)cc1F. The van der Waals surface area contributed by atoms with Gasteiger partial charge in [-0.25, -0.2) is 8.78 Å². The lowest BCUT2D eigenvalue weighted by Crippen LogP contribution is -2.30. The van der Waals surface area contributed by atoms with Crippen LogP contribution in [0.1, 0.15) is 32.3 Å². The second-order valence-electron chi connectivity index (χ2n) is 4.26. The summed E-state index contributed by atoms with van der Waals surface area (Å²) in [6.45, 7) is 3.43. The summed E-state index contributed by atoms with van der Waals surface area (Å²) in [6, 6.07) is 3.08. The molecule has 108 valence electrons. The molecule has 0 aliphatic rings. The van der Waals surface area contributed by atoms with Crippen LogP contribution in [0.2, 0.25) is 0 Å². The zero-order chi connectivity index (χ0) is 14.7. The summed E-state index contributed by atoms with van der Waals surface area (Å²) in [6.07, 6.45) is -0.177. The van der Waals surface area contributed by atoms with Crippen LogP contribution in [0.5, 0.6) is 0 Å². The van der Waals surface area contributed by atoms with E-state index >= 15 is 0 Å². The van der Waals surface area contributed by atoms with Gasteiger partial charge in [-0.1, -0.05) is 19.9 Å². The summed E-state index contributed by atoms with van der Waals surface area (Å²) >= 11 is 0. The zero-order valence-corrected chi connectivity index (χ0v) is 11.7. The minimum atomic E-state index is -4.35. The van der Waals surface area contributed by atoms with Gasteiger partial charge < -0.3 is 14.5 Å². The molecule has 1 aromatic rings. The van der Waals surface area contributed by atoms with Crippen molar-refractivity contribution < 1.29 is 27.9 Å². The van der Waals surface area contributed by atoms with Crippen LogP contribution >= 0.6 is 7.60 Å². The highest BCUT2D eigenvalue weighted by molar-refractivity contribution is 7.51. The molecular formula is C12H17F2O4P. The molecule has 0 atom stereocenters. The van der Waals surface area contributed by atoms with Crippen LogP contribution in [-0.2, 0) is 14.9 Å². The fourth-order valence-electron chi connectivity index (χ4n) is 1.98. The maximum absolute atomic E-state index is 13.8. The Hall–Kier alpha value is -0.810. The van der Waals surface area contributed by atoms with Crippen LogP contribution in [0.4, 0.5) is 8.78 Å². The van der Waals surface area contributed by atoms with E-state index in [1.54, 1.807) is 13.8 Å². The lowest BCUT2D eigenvalue weighted by atomic mass is 9.88. The van der Waals surface area contributed by atoms with Crippen LogP contribution in [0, 0.1) is 11.6 Å². The van der Waals surface area contributed by atoms with Crippen LogP contribution in [-0.4, -0.2) is 16.1 Å². The highest BCUT2D eigenvalue weighted by atomic mass is 31.2. The first-order valence-corrected chi connectivity index (χ1v) is 7.68. The normalized spacial score (nSPS) is 12.7. The predicted octanol–water partition coefficient (Wildman–Crippen LogP) is 3.13. The van der Waals surface area contributed by atoms with E-state index in [1.165, 1.54) is 6.07 Å². The molecule has 0 aliphatic carbocycles. The summed E-state index contributed by atoms with van der Waals surface area (Å²) in [4.78, 5) is 17.7. The van der Waals surface area contributed by atoms with E-state index < -0.39 is 31.2 Å². The molecule has 1 rings (SSSR count). The van der Waals surface area contributed by atoms with E-state index in [2.05, 4.69) is 0 Å². The Morgan fingerprint density at radius 1 is 1.26 bits per heavy atom. The number of halogens is 2. The van der Waals surface area contributed by atoms with Crippen molar-refractivity contribution in [3.8, 4) is 0 Å². The topological polar surface area (TPSA) is 66.8 Å². The highest BCUT2D eigenvalue weighted by Crippen LogP contribution is 2.41. The Bertz CT molecular complexity index is 483. The van der Waals surface area contributed by atoms with E-state index in [0.29, 0.717) is 12.8 Å². The first-order valence-electron chi connectivity index (χ1n) is 5.88. The maximum atomic E-state index is 13.8. The summed E-state index contributed by atoms with van der Waals surface area (Å²) in [5, 5.41) is 0. The number of hydrogen-bond acceptors (Lipinski definition) is 2. The average Bonchev–Trinajstić information content (AvgIpc) is 2.31. The standard InChI is InChI=1S/C12H17F2O4P/c1-3-12(4-2,18-8-19(15,16)17)10-6-5-9(13)7-11(10)14/h5-7H,3-4,8H2,1-2H3,(H2,15,16,17). The zero-order valence-electron chi connectivity index (χ0n) is 10.8. The van der Waals surface area contributed by atoms with Gasteiger partial charge in [-0.3, -0.25) is 4.57 Å². The Kier molecular flexibility index (Phi) is 5.21. The lowest BCUT2D eigenvalue weighted by molar-refractivity contribution is -0.0420. The van der Waals surface area contributed by atoms with E-state index in [-0.39, 0.29) is 5.56 Å². The summed E-state index contributed by atoms with van der Waals surface area (Å²) in [7, 11) is -4.35. The first-order chi connectivity index (χ1) is 8.74. The monoisotopic (exact) mass is 294 g/mol. The van der Waals surface area contributed by atoms with Gasteiger partial charge in [0.2, 0.25) is 0 Å². The molecule has 0 saturated heterocycles. The largest absolute Gasteiger partial charge is 0.358 e. The summed E-state index contributed by atoms with van der Waals surface area (Å²) < 4.78 is 42.9. The lowest BCUT2D eigenvalue weighted by Gasteiger charge is -2.32. The Labute approximate surface area is 110 Å². The Morgan fingerprint density at radius 2 is 1.84 bits per heavy atom. The summed E-state index contributed by atoms with van der Waals surface area (Å²) in [5.74, 6) is -1.49. The highest BCUT2D eigenvalue weighted by Gasteiger charge is 2.34. The van der Waals surface area contributed by atoms with Gasteiger partial charge in [0.1, 0.15) is 18.0 Å². The van der Waals surface area contributed by atoms with Crippen molar-refractivity contribution in [2.75, 3.05) is 6.35 Å². The van der Waals surface area contributed by atoms with Crippen molar-refractivity contribution in [1.82, 2.24) is 0 Å². The molecule has 0 aliphatic heterocycles. The van der Waals surface area contributed by atoms with Gasteiger partial charge in [0, 0.05) is 11.6 Å². The van der Waals surface area contributed by atoms with E-state index in [9.17, 15) is 13.3 Å². The Morgan fingerprint density at radius 3 is 2.26 bits per heavy atom. The summed E-state index contributed by atoms with van der Waals surface area (Å²) in [5.41, 5.74) is -1.06. The third-order valence-electron chi connectivity index (χ3n) is 3.07. The first kappa shape index (κ1) is 16.2.